The number of hydrogen-bond donors (Lipinski definition) is 1. The fourth-order valence-corrected chi connectivity index (χ4v) is 3.00. The van der Waals surface area contributed by atoms with Gasteiger partial charge in [-0.3, -0.25) is 9.59 Å². The SMILES string of the molecule is CC(=O)SCC(=O)Nc1nc(-c2cc3ccccc3o2)cs1. The van der Waals surface area contributed by atoms with Crippen LogP contribution in [0.15, 0.2) is 40.1 Å². The first-order valence-electron chi connectivity index (χ1n) is 6.49. The van der Waals surface area contributed by atoms with Gasteiger partial charge in [0.25, 0.3) is 0 Å². The van der Waals surface area contributed by atoms with E-state index in [9.17, 15) is 9.59 Å². The van der Waals surface area contributed by atoms with Crippen LogP contribution in [0, 0.1) is 0 Å². The molecule has 2 aromatic heterocycles. The third-order valence-electron chi connectivity index (χ3n) is 2.84. The van der Waals surface area contributed by atoms with E-state index in [4.69, 9.17) is 4.42 Å². The smallest absolute Gasteiger partial charge is 0.236 e. The van der Waals surface area contributed by atoms with E-state index in [0.29, 0.717) is 16.6 Å². The number of rotatable bonds is 4. The number of para-hydroxylation sites is 1. The molecule has 0 atom stereocenters. The summed E-state index contributed by atoms with van der Waals surface area (Å²) in [5.74, 6) is 0.510. The maximum atomic E-state index is 11.7. The molecule has 22 heavy (non-hydrogen) atoms. The third-order valence-corrected chi connectivity index (χ3v) is 4.41. The van der Waals surface area contributed by atoms with Crippen molar-refractivity contribution in [3.05, 3.63) is 35.7 Å². The van der Waals surface area contributed by atoms with E-state index in [1.165, 1.54) is 18.3 Å². The molecule has 1 N–H and O–H groups in total. The summed E-state index contributed by atoms with van der Waals surface area (Å²) in [6.07, 6.45) is 0. The number of amides is 1. The number of carbonyl (C=O) groups excluding carboxylic acids is 2. The van der Waals surface area contributed by atoms with Crippen LogP contribution >= 0.6 is 23.1 Å². The second-order valence-corrected chi connectivity index (χ2v) is 6.53. The van der Waals surface area contributed by atoms with Gasteiger partial charge in [0.05, 0.1) is 5.75 Å². The highest BCUT2D eigenvalue weighted by atomic mass is 32.2. The van der Waals surface area contributed by atoms with E-state index in [2.05, 4.69) is 10.3 Å². The molecule has 0 aliphatic carbocycles. The highest BCUT2D eigenvalue weighted by molar-refractivity contribution is 8.14. The van der Waals surface area contributed by atoms with E-state index in [1.54, 1.807) is 0 Å². The molecule has 2 heterocycles. The van der Waals surface area contributed by atoms with Crippen molar-refractivity contribution in [2.24, 2.45) is 0 Å². The van der Waals surface area contributed by atoms with Crippen molar-refractivity contribution in [3.63, 3.8) is 0 Å². The highest BCUT2D eigenvalue weighted by Crippen LogP contribution is 2.30. The van der Waals surface area contributed by atoms with Gasteiger partial charge in [-0.2, -0.15) is 0 Å². The van der Waals surface area contributed by atoms with E-state index in [0.717, 1.165) is 22.7 Å². The van der Waals surface area contributed by atoms with E-state index in [1.807, 2.05) is 35.7 Å². The molecule has 0 saturated carbocycles. The van der Waals surface area contributed by atoms with Gasteiger partial charge in [0, 0.05) is 17.7 Å². The lowest BCUT2D eigenvalue weighted by molar-refractivity contribution is -0.114. The molecule has 3 rings (SSSR count). The van der Waals surface area contributed by atoms with Crippen LogP contribution in [0.3, 0.4) is 0 Å². The normalized spacial score (nSPS) is 10.8. The van der Waals surface area contributed by atoms with Crippen LogP contribution in [-0.2, 0) is 9.59 Å². The lowest BCUT2D eigenvalue weighted by atomic mass is 10.2. The molecular formula is C15H12N2O3S2. The quantitative estimate of drug-likeness (QED) is 0.787. The molecule has 7 heteroatoms. The Hall–Kier alpha value is -2.12. The summed E-state index contributed by atoms with van der Waals surface area (Å²) in [6.45, 7) is 1.43. The average Bonchev–Trinajstić information content (AvgIpc) is 3.11. The highest BCUT2D eigenvalue weighted by Gasteiger charge is 2.12. The number of hydrogen-bond acceptors (Lipinski definition) is 6. The Morgan fingerprint density at radius 1 is 1.36 bits per heavy atom. The van der Waals surface area contributed by atoms with Crippen LogP contribution in [0.2, 0.25) is 0 Å². The molecule has 3 aromatic rings. The maximum absolute atomic E-state index is 11.7. The van der Waals surface area contributed by atoms with Crippen LogP contribution in [0.4, 0.5) is 5.13 Å². The van der Waals surface area contributed by atoms with Gasteiger partial charge in [-0.1, -0.05) is 30.0 Å². The molecule has 0 spiro atoms. The topological polar surface area (TPSA) is 72.2 Å². The Morgan fingerprint density at radius 3 is 2.95 bits per heavy atom. The second-order valence-electron chi connectivity index (χ2n) is 4.51. The maximum Gasteiger partial charge on any atom is 0.236 e. The second kappa shape index (κ2) is 6.33. The van der Waals surface area contributed by atoms with E-state index < -0.39 is 0 Å². The number of aromatic nitrogens is 1. The van der Waals surface area contributed by atoms with Crippen molar-refractivity contribution < 1.29 is 14.0 Å². The number of carbonyl (C=O) groups is 2. The van der Waals surface area contributed by atoms with Gasteiger partial charge in [-0.05, 0) is 12.1 Å². The van der Waals surface area contributed by atoms with Gasteiger partial charge in [0.15, 0.2) is 16.0 Å². The molecule has 0 bridgehead atoms. The first kappa shape index (κ1) is 14.8. The minimum atomic E-state index is -0.245. The molecule has 0 fully saturated rings. The van der Waals surface area contributed by atoms with E-state index >= 15 is 0 Å². The van der Waals surface area contributed by atoms with Crippen LogP contribution in [-0.4, -0.2) is 21.8 Å². The van der Waals surface area contributed by atoms with E-state index in [-0.39, 0.29) is 16.8 Å². The summed E-state index contributed by atoms with van der Waals surface area (Å²) < 4.78 is 5.73. The summed E-state index contributed by atoms with van der Waals surface area (Å²) in [7, 11) is 0. The number of thiazole rings is 1. The molecule has 1 amide bonds. The molecule has 0 radical (unpaired) electrons. The van der Waals surface area contributed by atoms with Gasteiger partial charge in [0.2, 0.25) is 5.91 Å². The zero-order chi connectivity index (χ0) is 15.5. The predicted molar refractivity (Wildman–Crippen MR) is 89.1 cm³/mol. The van der Waals surface area contributed by atoms with Crippen molar-refractivity contribution in [1.82, 2.24) is 4.98 Å². The summed E-state index contributed by atoms with van der Waals surface area (Å²) in [5, 5.41) is 5.91. The van der Waals surface area contributed by atoms with Gasteiger partial charge in [-0.25, -0.2) is 4.98 Å². The summed E-state index contributed by atoms with van der Waals surface area (Å²) in [5.41, 5.74) is 1.48. The molecule has 0 aliphatic heterocycles. The van der Waals surface area contributed by atoms with Crippen LogP contribution in [0.25, 0.3) is 22.4 Å². The van der Waals surface area contributed by atoms with Crippen molar-refractivity contribution in [2.45, 2.75) is 6.92 Å². The number of anilines is 1. The number of nitrogens with one attached hydrogen (secondary N) is 1. The first-order chi connectivity index (χ1) is 10.6. The number of fused-ring (bicyclic) bond motifs is 1. The lowest BCUT2D eigenvalue weighted by Gasteiger charge is -1.98. The minimum absolute atomic E-state index is 0.0859. The van der Waals surface area contributed by atoms with Gasteiger partial charge in [0.1, 0.15) is 11.3 Å². The minimum Gasteiger partial charge on any atom is -0.454 e. The fourth-order valence-electron chi connectivity index (χ4n) is 1.87. The summed E-state index contributed by atoms with van der Waals surface area (Å²) >= 11 is 2.29. The van der Waals surface area contributed by atoms with Crippen LogP contribution in [0.1, 0.15) is 6.92 Å². The average molecular weight is 332 g/mol. The van der Waals surface area contributed by atoms with Gasteiger partial charge >= 0.3 is 0 Å². The lowest BCUT2D eigenvalue weighted by Crippen LogP contribution is -2.14. The Balaban J connectivity index is 1.73. The largest absolute Gasteiger partial charge is 0.454 e. The Bertz CT molecular complexity index is 805. The molecule has 112 valence electrons. The third kappa shape index (κ3) is 3.37. The Kier molecular flexibility index (Phi) is 4.26. The molecular weight excluding hydrogens is 320 g/mol. The number of nitrogens with zero attached hydrogens (tertiary/aromatic N) is 1. The van der Waals surface area contributed by atoms with Crippen LogP contribution < -0.4 is 5.32 Å². The monoisotopic (exact) mass is 332 g/mol. The van der Waals surface area contributed by atoms with Gasteiger partial charge < -0.3 is 9.73 Å². The molecule has 1 aromatic carbocycles. The Labute approximate surface area is 134 Å². The molecule has 0 aliphatic rings. The van der Waals surface area contributed by atoms with Crippen molar-refractivity contribution in [3.8, 4) is 11.5 Å². The molecule has 0 saturated heterocycles. The Morgan fingerprint density at radius 2 is 2.18 bits per heavy atom. The fraction of sp³-hybridized carbons (Fsp3) is 0.133. The van der Waals surface area contributed by atoms with Crippen molar-refractivity contribution in [1.29, 1.82) is 0 Å². The summed E-state index contributed by atoms with van der Waals surface area (Å²) in [6, 6.07) is 9.64. The number of thioether (sulfide) groups is 1. The number of benzene rings is 1. The first-order valence-corrected chi connectivity index (χ1v) is 8.36. The van der Waals surface area contributed by atoms with Crippen LogP contribution in [0.5, 0.6) is 0 Å². The summed E-state index contributed by atoms with van der Waals surface area (Å²) in [4.78, 5) is 26.8. The van der Waals surface area contributed by atoms with Gasteiger partial charge in [-0.15, -0.1) is 11.3 Å². The molecule has 0 unspecified atom stereocenters. The van der Waals surface area contributed by atoms with Crippen molar-refractivity contribution in [2.75, 3.05) is 11.1 Å². The predicted octanol–water partition coefficient (Wildman–Crippen LogP) is 3.77. The molecule has 5 nitrogen and oxygen atoms in total. The number of furan rings is 1. The zero-order valence-electron chi connectivity index (χ0n) is 11.7. The standard InChI is InChI=1S/C15H12N2O3S2/c1-9(18)21-8-14(19)17-15-16-11(7-22-15)13-6-10-4-2-3-5-12(10)20-13/h2-7H,8H2,1H3,(H,16,17,19). The zero-order valence-corrected chi connectivity index (χ0v) is 13.3. The van der Waals surface area contributed by atoms with Crippen molar-refractivity contribution >= 4 is 50.2 Å².